The van der Waals surface area contributed by atoms with E-state index in [4.69, 9.17) is 17.3 Å². The van der Waals surface area contributed by atoms with E-state index in [2.05, 4.69) is 33.9 Å². The minimum atomic E-state index is -0.0961. The highest BCUT2D eigenvalue weighted by Gasteiger charge is 2.12. The predicted octanol–water partition coefficient (Wildman–Crippen LogP) is 2.30. The number of thiophene rings is 1. The molecule has 2 aromatic rings. The van der Waals surface area contributed by atoms with Crippen LogP contribution >= 0.6 is 23.6 Å². The standard InChI is InChI=1S/C10H13N3OS2/c1-7(4-8-2-3-16-6-8)13-9(5-14)11-12-10(13)15/h2-3,6-7,14H,4-5H2,1H3,(H,12,15). The summed E-state index contributed by atoms with van der Waals surface area (Å²) in [5.74, 6) is 0.590. The van der Waals surface area contributed by atoms with Gasteiger partial charge in [-0.1, -0.05) is 0 Å². The highest BCUT2D eigenvalue weighted by Crippen LogP contribution is 2.17. The van der Waals surface area contributed by atoms with E-state index in [1.807, 2.05) is 4.57 Å². The van der Waals surface area contributed by atoms with E-state index in [0.717, 1.165) is 6.42 Å². The van der Waals surface area contributed by atoms with E-state index in [1.54, 1.807) is 11.3 Å². The first-order valence-corrected chi connectivity index (χ1v) is 6.35. The molecule has 0 amide bonds. The Hall–Kier alpha value is -0.980. The Kier molecular flexibility index (Phi) is 3.52. The van der Waals surface area contributed by atoms with Crippen LogP contribution in [0.1, 0.15) is 24.4 Å². The lowest BCUT2D eigenvalue weighted by Gasteiger charge is -2.13. The largest absolute Gasteiger partial charge is 0.388 e. The summed E-state index contributed by atoms with van der Waals surface area (Å²) in [6.07, 6.45) is 0.893. The van der Waals surface area contributed by atoms with Crippen molar-refractivity contribution in [2.75, 3.05) is 0 Å². The number of hydrogen-bond donors (Lipinski definition) is 2. The van der Waals surface area contributed by atoms with Gasteiger partial charge in [0.15, 0.2) is 10.6 Å². The van der Waals surface area contributed by atoms with Crippen molar-refractivity contribution < 1.29 is 5.11 Å². The molecule has 2 N–H and O–H groups in total. The second kappa shape index (κ2) is 4.90. The van der Waals surface area contributed by atoms with Crippen molar-refractivity contribution in [3.8, 4) is 0 Å². The monoisotopic (exact) mass is 255 g/mol. The van der Waals surface area contributed by atoms with Crippen LogP contribution in [0.2, 0.25) is 0 Å². The molecule has 0 aliphatic rings. The molecule has 6 heteroatoms. The number of hydrogen-bond acceptors (Lipinski definition) is 4. The van der Waals surface area contributed by atoms with Crippen LogP contribution in [0.15, 0.2) is 16.8 Å². The molecule has 0 spiro atoms. The molecule has 0 aliphatic heterocycles. The first-order chi connectivity index (χ1) is 7.72. The fourth-order valence-corrected chi connectivity index (χ4v) is 2.76. The molecule has 0 saturated heterocycles. The highest BCUT2D eigenvalue weighted by molar-refractivity contribution is 7.71. The van der Waals surface area contributed by atoms with Gasteiger partial charge in [0, 0.05) is 6.04 Å². The fourth-order valence-electron chi connectivity index (χ4n) is 1.74. The van der Waals surface area contributed by atoms with Crippen LogP contribution in [0.4, 0.5) is 0 Å². The molecule has 0 aromatic carbocycles. The SMILES string of the molecule is CC(Cc1ccsc1)n1c(CO)n[nH]c1=S. The molecule has 2 aromatic heterocycles. The molecule has 0 radical (unpaired) electrons. The van der Waals surface area contributed by atoms with E-state index >= 15 is 0 Å². The van der Waals surface area contributed by atoms with Crippen molar-refractivity contribution in [2.45, 2.75) is 26.0 Å². The minimum Gasteiger partial charge on any atom is -0.388 e. The second-order valence-electron chi connectivity index (χ2n) is 3.66. The lowest BCUT2D eigenvalue weighted by Crippen LogP contribution is -2.11. The van der Waals surface area contributed by atoms with E-state index in [0.29, 0.717) is 10.6 Å². The Bertz CT molecular complexity index is 500. The minimum absolute atomic E-state index is 0.0961. The lowest BCUT2D eigenvalue weighted by molar-refractivity contribution is 0.260. The molecule has 0 saturated carbocycles. The fraction of sp³-hybridized carbons (Fsp3) is 0.400. The summed E-state index contributed by atoms with van der Waals surface area (Å²) in [6, 6.07) is 2.30. The molecule has 2 rings (SSSR count). The van der Waals surface area contributed by atoms with Gasteiger partial charge in [-0.3, -0.25) is 9.67 Å². The number of H-pyrrole nitrogens is 1. The second-order valence-corrected chi connectivity index (χ2v) is 4.82. The normalized spacial score (nSPS) is 12.9. The van der Waals surface area contributed by atoms with E-state index < -0.39 is 0 Å². The molecule has 0 aliphatic carbocycles. The van der Waals surface area contributed by atoms with Crippen molar-refractivity contribution in [3.63, 3.8) is 0 Å². The van der Waals surface area contributed by atoms with Gasteiger partial charge in [0.2, 0.25) is 0 Å². The smallest absolute Gasteiger partial charge is 0.195 e. The zero-order valence-corrected chi connectivity index (χ0v) is 10.5. The van der Waals surface area contributed by atoms with Crippen molar-refractivity contribution >= 4 is 23.6 Å². The number of aliphatic hydroxyl groups excluding tert-OH is 1. The topological polar surface area (TPSA) is 53.8 Å². The van der Waals surface area contributed by atoms with Gasteiger partial charge < -0.3 is 5.11 Å². The maximum Gasteiger partial charge on any atom is 0.195 e. The highest BCUT2D eigenvalue weighted by atomic mass is 32.1. The molecular weight excluding hydrogens is 242 g/mol. The van der Waals surface area contributed by atoms with Gasteiger partial charge in [-0.05, 0) is 48.0 Å². The molecule has 1 atom stereocenters. The van der Waals surface area contributed by atoms with Gasteiger partial charge >= 0.3 is 0 Å². The van der Waals surface area contributed by atoms with Crippen molar-refractivity contribution in [1.29, 1.82) is 0 Å². The number of rotatable bonds is 4. The molecule has 2 heterocycles. The van der Waals surface area contributed by atoms with E-state index in [9.17, 15) is 0 Å². The average Bonchev–Trinajstić information content (AvgIpc) is 2.87. The number of aromatic nitrogens is 3. The molecule has 1 unspecified atom stereocenters. The lowest BCUT2D eigenvalue weighted by atomic mass is 10.1. The van der Waals surface area contributed by atoms with Crippen LogP contribution in [-0.2, 0) is 13.0 Å². The van der Waals surface area contributed by atoms with Crippen LogP contribution < -0.4 is 0 Å². The maximum absolute atomic E-state index is 9.16. The summed E-state index contributed by atoms with van der Waals surface area (Å²) in [6.45, 7) is 1.98. The van der Waals surface area contributed by atoms with Gasteiger partial charge in [0.05, 0.1) is 0 Å². The Labute approximate surface area is 103 Å². The quantitative estimate of drug-likeness (QED) is 0.824. The van der Waals surface area contributed by atoms with Gasteiger partial charge in [-0.25, -0.2) is 0 Å². The molecule has 0 bridgehead atoms. The van der Waals surface area contributed by atoms with E-state index in [-0.39, 0.29) is 12.6 Å². The molecule has 4 nitrogen and oxygen atoms in total. The first-order valence-electron chi connectivity index (χ1n) is 5.00. The Balaban J connectivity index is 2.23. The Morgan fingerprint density at radius 2 is 2.50 bits per heavy atom. The molecule has 86 valence electrons. The number of nitrogens with one attached hydrogen (secondary N) is 1. The third-order valence-electron chi connectivity index (χ3n) is 2.47. The summed E-state index contributed by atoms with van der Waals surface area (Å²) in [5, 5.41) is 20.0. The van der Waals surface area contributed by atoms with E-state index in [1.165, 1.54) is 5.56 Å². The van der Waals surface area contributed by atoms with Gasteiger partial charge in [0.1, 0.15) is 6.61 Å². The third kappa shape index (κ3) is 2.23. The van der Waals surface area contributed by atoms with Crippen LogP contribution in [0.25, 0.3) is 0 Å². The average molecular weight is 255 g/mol. The zero-order chi connectivity index (χ0) is 11.5. The van der Waals surface area contributed by atoms with Gasteiger partial charge in [0.25, 0.3) is 0 Å². The predicted molar refractivity (Wildman–Crippen MR) is 66.1 cm³/mol. The maximum atomic E-state index is 9.16. The first kappa shape index (κ1) is 11.5. The molecular formula is C10H13N3OS2. The Morgan fingerprint density at radius 3 is 3.12 bits per heavy atom. The molecule has 0 fully saturated rings. The summed E-state index contributed by atoms with van der Waals surface area (Å²) in [7, 11) is 0. The van der Waals surface area contributed by atoms with Crippen molar-refractivity contribution in [2.24, 2.45) is 0 Å². The summed E-state index contributed by atoms with van der Waals surface area (Å²) in [5.41, 5.74) is 1.28. The van der Waals surface area contributed by atoms with Crippen LogP contribution in [-0.4, -0.2) is 19.9 Å². The van der Waals surface area contributed by atoms with Crippen molar-refractivity contribution in [1.82, 2.24) is 14.8 Å². The molecule has 16 heavy (non-hydrogen) atoms. The van der Waals surface area contributed by atoms with Gasteiger partial charge in [-0.2, -0.15) is 16.4 Å². The van der Waals surface area contributed by atoms with Crippen LogP contribution in [0, 0.1) is 4.77 Å². The number of nitrogens with zero attached hydrogens (tertiary/aromatic N) is 2. The summed E-state index contributed by atoms with van der Waals surface area (Å²) < 4.78 is 2.43. The zero-order valence-electron chi connectivity index (χ0n) is 8.88. The Morgan fingerprint density at radius 1 is 1.69 bits per heavy atom. The van der Waals surface area contributed by atoms with Gasteiger partial charge in [-0.15, -0.1) is 0 Å². The summed E-state index contributed by atoms with van der Waals surface area (Å²) in [4.78, 5) is 0. The number of aliphatic hydroxyl groups is 1. The summed E-state index contributed by atoms with van der Waals surface area (Å²) >= 11 is 6.83. The third-order valence-corrected chi connectivity index (χ3v) is 3.49. The number of aromatic amines is 1. The van der Waals surface area contributed by atoms with Crippen LogP contribution in [0.3, 0.4) is 0 Å². The van der Waals surface area contributed by atoms with Crippen molar-refractivity contribution in [3.05, 3.63) is 33.0 Å². The van der Waals surface area contributed by atoms with Crippen LogP contribution in [0.5, 0.6) is 0 Å².